The molecule has 0 saturated heterocycles. The topological polar surface area (TPSA) is 37.3 Å². The summed E-state index contributed by atoms with van der Waals surface area (Å²) >= 11 is 0. The third-order valence-corrected chi connectivity index (χ3v) is 5.60. The van der Waals surface area contributed by atoms with Gasteiger partial charge in [0.2, 0.25) is 0 Å². The van der Waals surface area contributed by atoms with Crippen molar-refractivity contribution < 1.29 is 14.3 Å². The molecule has 0 unspecified atom stereocenters. The molecule has 2 nitrogen and oxygen atoms in total. The molecule has 0 aromatic rings. The highest BCUT2D eigenvalue weighted by molar-refractivity contribution is 5.66. The fourth-order valence-corrected chi connectivity index (χ4v) is 3.91. The number of rotatable bonds is 11. The molecule has 1 N–H and O–H groups in total. The van der Waals surface area contributed by atoms with Gasteiger partial charge in [0.15, 0.2) is 0 Å². The van der Waals surface area contributed by atoms with Crippen molar-refractivity contribution in [3.8, 4) is 0 Å². The average Bonchev–Trinajstić information content (AvgIpc) is 2.42. The maximum absolute atomic E-state index is 13.7. The van der Waals surface area contributed by atoms with E-state index in [-0.39, 0.29) is 11.3 Å². The lowest BCUT2D eigenvalue weighted by molar-refractivity contribution is -0.245. The fourth-order valence-electron chi connectivity index (χ4n) is 3.91. The van der Waals surface area contributed by atoms with Crippen LogP contribution in [0.3, 0.4) is 0 Å². The normalized spacial score (nSPS) is 33.7. The smallest absolute Gasteiger partial charge is 0.303 e. The van der Waals surface area contributed by atoms with Crippen LogP contribution in [0.4, 0.5) is 4.39 Å². The predicted molar refractivity (Wildman–Crippen MR) is 83.0 cm³/mol. The van der Waals surface area contributed by atoms with Crippen molar-refractivity contribution in [1.82, 2.24) is 0 Å². The molecule has 0 aromatic heterocycles. The average molecular weight is 296 g/mol. The van der Waals surface area contributed by atoms with Gasteiger partial charge in [-0.25, -0.2) is 4.39 Å². The second kappa shape index (κ2) is 6.93. The van der Waals surface area contributed by atoms with Gasteiger partial charge in [-0.1, -0.05) is 51.2 Å². The van der Waals surface area contributed by atoms with Crippen molar-refractivity contribution in [2.75, 3.05) is 0 Å². The Hall–Kier alpha value is -0.860. The molecule has 3 heteroatoms. The van der Waals surface area contributed by atoms with Crippen LogP contribution < -0.4 is 0 Å². The number of hydrogen-bond donors (Lipinski definition) is 1. The van der Waals surface area contributed by atoms with Gasteiger partial charge in [-0.15, -0.1) is 0 Å². The second-order valence-corrected chi connectivity index (χ2v) is 7.15. The van der Waals surface area contributed by atoms with Crippen molar-refractivity contribution in [3.63, 3.8) is 0 Å². The van der Waals surface area contributed by atoms with Crippen LogP contribution >= 0.6 is 0 Å². The Balaban J connectivity index is 1.39. The summed E-state index contributed by atoms with van der Waals surface area (Å²) in [4.78, 5) is 10.3. The minimum atomic E-state index is -0.815. The summed E-state index contributed by atoms with van der Waals surface area (Å²) in [5, 5.41) is 8.52. The molecule has 0 aromatic carbocycles. The number of alkyl halides is 1. The Bertz CT molecular complexity index is 383. The molecule has 3 rings (SSSR count). The molecule has 0 spiro atoms. The van der Waals surface area contributed by atoms with E-state index < -0.39 is 11.6 Å². The predicted octanol–water partition coefficient (Wildman–Crippen LogP) is 5.28. The molecule has 3 saturated carbocycles. The van der Waals surface area contributed by atoms with Gasteiger partial charge >= 0.3 is 5.97 Å². The van der Waals surface area contributed by atoms with Crippen molar-refractivity contribution in [1.29, 1.82) is 0 Å². The Morgan fingerprint density at radius 1 is 1.14 bits per heavy atom. The van der Waals surface area contributed by atoms with Crippen LogP contribution in [-0.4, -0.2) is 16.7 Å². The molecule has 2 bridgehead atoms. The van der Waals surface area contributed by atoms with Gasteiger partial charge in [0.05, 0.1) is 0 Å². The molecule has 0 heterocycles. The van der Waals surface area contributed by atoms with Crippen molar-refractivity contribution >= 4 is 5.97 Å². The van der Waals surface area contributed by atoms with E-state index in [1.165, 1.54) is 25.7 Å². The molecule has 3 aliphatic carbocycles. The van der Waals surface area contributed by atoms with Crippen LogP contribution in [0, 0.1) is 11.3 Å². The monoisotopic (exact) mass is 296 g/mol. The molecule has 3 aliphatic rings. The van der Waals surface area contributed by atoms with E-state index in [4.69, 9.17) is 5.11 Å². The summed E-state index contributed by atoms with van der Waals surface area (Å²) < 4.78 is 13.7. The minimum absolute atomic E-state index is 0.221. The zero-order chi connectivity index (χ0) is 15.3. The lowest BCUT2D eigenvalue weighted by Crippen LogP contribution is -2.70. The van der Waals surface area contributed by atoms with E-state index in [1.807, 2.05) is 6.92 Å². The molecule has 0 aliphatic heterocycles. The van der Waals surface area contributed by atoms with E-state index in [2.05, 4.69) is 12.2 Å². The maximum atomic E-state index is 13.7. The Kier molecular flexibility index (Phi) is 5.45. The highest BCUT2D eigenvalue weighted by Gasteiger charge is 2.73. The first-order valence-electron chi connectivity index (χ1n) is 8.57. The highest BCUT2D eigenvalue weighted by Crippen LogP contribution is 2.74. The summed E-state index contributed by atoms with van der Waals surface area (Å²) in [7, 11) is 0. The van der Waals surface area contributed by atoms with Crippen molar-refractivity contribution in [2.24, 2.45) is 11.3 Å². The molecular weight excluding hydrogens is 267 g/mol. The van der Waals surface area contributed by atoms with E-state index in [0.717, 1.165) is 38.5 Å². The van der Waals surface area contributed by atoms with E-state index in [1.54, 1.807) is 0 Å². The third-order valence-electron chi connectivity index (χ3n) is 5.60. The zero-order valence-electron chi connectivity index (χ0n) is 13.2. The number of hydrogen-bond acceptors (Lipinski definition) is 1. The second-order valence-electron chi connectivity index (χ2n) is 7.15. The van der Waals surface area contributed by atoms with Gasteiger partial charge in [-0.3, -0.25) is 4.79 Å². The first kappa shape index (κ1) is 16.5. The van der Waals surface area contributed by atoms with E-state index in [9.17, 15) is 9.18 Å². The summed E-state index contributed by atoms with van der Waals surface area (Å²) in [5.74, 6) is -0.439. The Morgan fingerprint density at radius 3 is 2.24 bits per heavy atom. The SMILES string of the molecule is C[C@H]1C2(F)CC1(/C=C/CCCCCCCCCC(=O)O)C2. The van der Waals surface area contributed by atoms with Gasteiger partial charge in [0.1, 0.15) is 5.67 Å². The van der Waals surface area contributed by atoms with Crippen LogP contribution in [0.2, 0.25) is 0 Å². The van der Waals surface area contributed by atoms with Crippen LogP contribution in [0.1, 0.15) is 77.6 Å². The molecule has 21 heavy (non-hydrogen) atoms. The van der Waals surface area contributed by atoms with Gasteiger partial charge in [-0.2, -0.15) is 0 Å². The number of allylic oxidation sites excluding steroid dienone is 2. The van der Waals surface area contributed by atoms with Crippen LogP contribution in [0.25, 0.3) is 0 Å². The van der Waals surface area contributed by atoms with Gasteiger partial charge < -0.3 is 5.11 Å². The van der Waals surface area contributed by atoms with Crippen molar-refractivity contribution in [2.45, 2.75) is 83.2 Å². The first-order chi connectivity index (χ1) is 9.99. The van der Waals surface area contributed by atoms with E-state index in [0.29, 0.717) is 6.42 Å². The zero-order valence-corrected chi connectivity index (χ0v) is 13.2. The molecule has 3 fully saturated rings. The molecule has 120 valence electrons. The number of carboxylic acid groups (broad SMARTS) is 1. The quantitative estimate of drug-likeness (QED) is 0.416. The summed E-state index contributed by atoms with van der Waals surface area (Å²) in [6.45, 7) is 2.04. The lowest BCUT2D eigenvalue weighted by atomic mass is 9.36. The highest BCUT2D eigenvalue weighted by atomic mass is 19.1. The molecular formula is C18H29FO2. The Morgan fingerprint density at radius 2 is 1.71 bits per heavy atom. The summed E-state index contributed by atoms with van der Waals surface area (Å²) in [6.07, 6.45) is 15.4. The van der Waals surface area contributed by atoms with Gasteiger partial charge in [0.25, 0.3) is 0 Å². The number of unbranched alkanes of at least 4 members (excludes halogenated alkanes) is 7. The van der Waals surface area contributed by atoms with Gasteiger partial charge in [0, 0.05) is 6.42 Å². The van der Waals surface area contributed by atoms with Gasteiger partial charge in [-0.05, 0) is 43.4 Å². The lowest BCUT2D eigenvalue weighted by Gasteiger charge is -2.70. The van der Waals surface area contributed by atoms with Crippen LogP contribution in [-0.2, 0) is 4.79 Å². The van der Waals surface area contributed by atoms with Crippen LogP contribution in [0.5, 0.6) is 0 Å². The largest absolute Gasteiger partial charge is 0.481 e. The maximum Gasteiger partial charge on any atom is 0.303 e. The fraction of sp³-hybridized carbons (Fsp3) is 0.833. The van der Waals surface area contributed by atoms with Crippen LogP contribution in [0.15, 0.2) is 12.2 Å². The number of carboxylic acids is 1. The first-order valence-corrected chi connectivity index (χ1v) is 8.57. The van der Waals surface area contributed by atoms with Crippen molar-refractivity contribution in [3.05, 3.63) is 12.2 Å². The molecule has 1 atom stereocenters. The number of carbonyl (C=O) groups is 1. The third kappa shape index (κ3) is 3.87. The minimum Gasteiger partial charge on any atom is -0.481 e. The molecule has 0 radical (unpaired) electrons. The van der Waals surface area contributed by atoms with E-state index >= 15 is 0 Å². The number of halogens is 1. The Labute approximate surface area is 127 Å². The molecule has 0 amide bonds. The summed E-state index contributed by atoms with van der Waals surface area (Å²) in [6, 6.07) is 0. The standard InChI is InChI=1S/C18H29FO2/c1-15-17(13-18(15,19)14-17)12-10-8-6-4-2-3-5-7-9-11-16(20)21/h10,12,15H,2-9,11,13-14H2,1H3,(H,20,21)/b12-10+/t15-,17?,18?/m1/s1. The number of aliphatic carboxylic acids is 1. The summed E-state index contributed by atoms with van der Waals surface area (Å²) in [5.41, 5.74) is -0.593.